The van der Waals surface area contributed by atoms with E-state index >= 15 is 0 Å². The maximum atomic E-state index is 12.1. The summed E-state index contributed by atoms with van der Waals surface area (Å²) in [4.78, 5) is 41.6. The molecule has 0 saturated carbocycles. The van der Waals surface area contributed by atoms with E-state index in [1.807, 2.05) is 0 Å². The van der Waals surface area contributed by atoms with Gasteiger partial charge in [-0.3, -0.25) is 9.69 Å². The van der Waals surface area contributed by atoms with E-state index in [1.54, 1.807) is 32.8 Å². The lowest BCUT2D eigenvalue weighted by Gasteiger charge is -2.20. The molecule has 0 aliphatic rings. The SMILES string of the molecule is CCOC(=O)Sc1nc(CC(C(=O)OC)N(C)C)cn1C(=O)OCC. The zero-order valence-electron chi connectivity index (χ0n) is 15.0. The van der Waals surface area contributed by atoms with Crippen LogP contribution in [0.5, 0.6) is 0 Å². The molecule has 0 saturated heterocycles. The van der Waals surface area contributed by atoms with Gasteiger partial charge in [0.2, 0.25) is 0 Å². The fourth-order valence-electron chi connectivity index (χ4n) is 1.94. The minimum absolute atomic E-state index is 0.120. The second-order valence-corrected chi connectivity index (χ2v) is 5.98. The van der Waals surface area contributed by atoms with Crippen LogP contribution >= 0.6 is 11.8 Å². The van der Waals surface area contributed by atoms with E-state index in [0.29, 0.717) is 17.5 Å². The number of aromatic nitrogens is 2. The lowest BCUT2D eigenvalue weighted by molar-refractivity contribution is -0.145. The third-order valence-electron chi connectivity index (χ3n) is 3.12. The van der Waals surface area contributed by atoms with Crippen LogP contribution in [0.2, 0.25) is 0 Å². The Balaban J connectivity index is 3.09. The molecule has 1 heterocycles. The second-order valence-electron chi connectivity index (χ2n) is 5.08. The minimum Gasteiger partial charge on any atom is -0.468 e. The highest BCUT2D eigenvalue weighted by Gasteiger charge is 2.26. The van der Waals surface area contributed by atoms with Crippen LogP contribution in [0.25, 0.3) is 0 Å². The summed E-state index contributed by atoms with van der Waals surface area (Å²) in [6.45, 7) is 3.75. The quantitative estimate of drug-likeness (QED) is 0.402. The van der Waals surface area contributed by atoms with Gasteiger partial charge in [-0.05, 0) is 27.9 Å². The van der Waals surface area contributed by atoms with Crippen molar-refractivity contribution in [3.63, 3.8) is 0 Å². The number of carbonyl (C=O) groups excluding carboxylic acids is 3. The van der Waals surface area contributed by atoms with Crippen molar-refractivity contribution in [1.29, 1.82) is 0 Å². The number of likely N-dealkylation sites (N-methyl/N-ethyl adjacent to an activating group) is 1. The highest BCUT2D eigenvalue weighted by atomic mass is 32.2. The summed E-state index contributed by atoms with van der Waals surface area (Å²) < 4.78 is 15.7. The molecular weight excluding hydrogens is 350 g/mol. The van der Waals surface area contributed by atoms with Crippen molar-refractivity contribution in [1.82, 2.24) is 14.5 Å². The van der Waals surface area contributed by atoms with E-state index in [-0.39, 0.29) is 24.8 Å². The van der Waals surface area contributed by atoms with Crippen molar-refractivity contribution >= 4 is 29.1 Å². The summed E-state index contributed by atoms with van der Waals surface area (Å²) in [6, 6.07) is -0.573. The molecule has 10 heteroatoms. The Bertz CT molecular complexity index is 616. The zero-order chi connectivity index (χ0) is 19.0. The summed E-state index contributed by atoms with van der Waals surface area (Å²) in [6.07, 6.45) is 0.995. The molecule has 1 aromatic heterocycles. The fraction of sp³-hybridized carbons (Fsp3) is 0.600. The summed E-state index contributed by atoms with van der Waals surface area (Å²) in [7, 11) is 4.77. The predicted octanol–water partition coefficient (Wildman–Crippen LogP) is 1.78. The standard InChI is InChI=1S/C15H23N3O6S/c1-6-23-14(20)18-9-10(8-11(17(3)4)12(19)22-5)16-13(18)25-15(21)24-7-2/h9,11H,6-8H2,1-5H3. The monoisotopic (exact) mass is 373 g/mol. The smallest absolute Gasteiger partial charge is 0.420 e. The summed E-state index contributed by atoms with van der Waals surface area (Å²) >= 11 is 0.680. The largest absolute Gasteiger partial charge is 0.468 e. The Kier molecular flexibility index (Phi) is 8.42. The van der Waals surface area contributed by atoms with Gasteiger partial charge in [-0.1, -0.05) is 0 Å². The van der Waals surface area contributed by atoms with Crippen LogP contribution < -0.4 is 0 Å². The van der Waals surface area contributed by atoms with E-state index in [0.717, 1.165) is 4.57 Å². The molecule has 1 aromatic rings. The molecule has 0 aromatic carbocycles. The van der Waals surface area contributed by atoms with Crippen LogP contribution in [0.1, 0.15) is 19.5 Å². The highest BCUT2D eigenvalue weighted by Crippen LogP contribution is 2.21. The van der Waals surface area contributed by atoms with Gasteiger partial charge in [0, 0.05) is 24.4 Å². The first-order valence-electron chi connectivity index (χ1n) is 7.68. The van der Waals surface area contributed by atoms with Crippen LogP contribution in [0.15, 0.2) is 11.4 Å². The predicted molar refractivity (Wildman–Crippen MR) is 90.7 cm³/mol. The van der Waals surface area contributed by atoms with Crippen molar-refractivity contribution in [2.75, 3.05) is 34.4 Å². The Morgan fingerprint density at radius 1 is 1.24 bits per heavy atom. The Hall–Kier alpha value is -2.07. The number of imidazole rings is 1. The molecule has 140 valence electrons. The van der Waals surface area contributed by atoms with E-state index in [4.69, 9.17) is 14.2 Å². The molecule has 1 rings (SSSR count). The molecule has 9 nitrogen and oxygen atoms in total. The number of rotatable bonds is 7. The number of ether oxygens (including phenoxy) is 3. The lowest BCUT2D eigenvalue weighted by atomic mass is 10.1. The van der Waals surface area contributed by atoms with Crippen LogP contribution in [-0.2, 0) is 25.4 Å². The van der Waals surface area contributed by atoms with Crippen molar-refractivity contribution < 1.29 is 28.6 Å². The van der Waals surface area contributed by atoms with Gasteiger partial charge in [0.05, 0.1) is 26.0 Å². The molecule has 0 bridgehead atoms. The fourth-order valence-corrected chi connectivity index (χ4v) is 2.65. The molecule has 0 amide bonds. The van der Waals surface area contributed by atoms with Crippen LogP contribution in [0.3, 0.4) is 0 Å². The first-order chi connectivity index (χ1) is 11.8. The second kappa shape index (κ2) is 10.0. The summed E-state index contributed by atoms with van der Waals surface area (Å²) in [5, 5.41) is -0.461. The molecule has 0 radical (unpaired) electrons. The van der Waals surface area contributed by atoms with Gasteiger partial charge in [-0.15, -0.1) is 0 Å². The van der Waals surface area contributed by atoms with E-state index < -0.39 is 23.4 Å². The molecule has 0 aliphatic carbocycles. The van der Waals surface area contributed by atoms with E-state index in [2.05, 4.69) is 4.98 Å². The van der Waals surface area contributed by atoms with Gasteiger partial charge in [0.1, 0.15) is 6.04 Å². The van der Waals surface area contributed by atoms with Crippen molar-refractivity contribution in [2.45, 2.75) is 31.5 Å². The Morgan fingerprint density at radius 3 is 2.40 bits per heavy atom. The van der Waals surface area contributed by atoms with E-state index in [1.165, 1.54) is 13.3 Å². The third-order valence-corrected chi connectivity index (χ3v) is 3.88. The van der Waals surface area contributed by atoms with Crippen LogP contribution in [0.4, 0.5) is 9.59 Å². The lowest BCUT2D eigenvalue weighted by Crippen LogP contribution is -2.38. The summed E-state index contributed by atoms with van der Waals surface area (Å²) in [5.41, 5.74) is 0.448. The van der Waals surface area contributed by atoms with Crippen molar-refractivity contribution in [3.05, 3.63) is 11.9 Å². The minimum atomic E-state index is -0.660. The molecule has 1 unspecified atom stereocenters. The number of hydrogen-bond donors (Lipinski definition) is 0. The van der Waals surface area contributed by atoms with Gasteiger partial charge in [-0.2, -0.15) is 0 Å². The Morgan fingerprint density at radius 2 is 1.88 bits per heavy atom. The van der Waals surface area contributed by atoms with Crippen LogP contribution in [-0.4, -0.2) is 72.3 Å². The number of methoxy groups -OCH3 is 1. The van der Waals surface area contributed by atoms with Crippen LogP contribution in [0, 0.1) is 0 Å². The zero-order valence-corrected chi connectivity index (χ0v) is 15.8. The van der Waals surface area contributed by atoms with E-state index in [9.17, 15) is 14.4 Å². The first-order valence-corrected chi connectivity index (χ1v) is 8.49. The first kappa shape index (κ1) is 21.0. The number of carbonyl (C=O) groups is 3. The molecule has 0 N–H and O–H groups in total. The third kappa shape index (κ3) is 6.05. The molecule has 1 atom stereocenters. The van der Waals surface area contributed by atoms with Gasteiger partial charge in [0.15, 0.2) is 5.16 Å². The van der Waals surface area contributed by atoms with Gasteiger partial charge in [0.25, 0.3) is 0 Å². The molecular formula is C15H23N3O6S. The average molecular weight is 373 g/mol. The number of nitrogens with zero attached hydrogens (tertiary/aromatic N) is 3. The average Bonchev–Trinajstić information content (AvgIpc) is 2.94. The highest BCUT2D eigenvalue weighted by molar-refractivity contribution is 8.13. The topological polar surface area (TPSA) is 100.0 Å². The molecule has 0 fully saturated rings. The van der Waals surface area contributed by atoms with Crippen molar-refractivity contribution in [3.8, 4) is 0 Å². The molecule has 0 aliphatic heterocycles. The number of esters is 1. The van der Waals surface area contributed by atoms with Gasteiger partial charge in [-0.25, -0.2) is 19.1 Å². The maximum absolute atomic E-state index is 12.1. The normalized spacial score (nSPS) is 11.9. The number of thioether (sulfide) groups is 1. The van der Waals surface area contributed by atoms with Gasteiger partial charge < -0.3 is 14.2 Å². The number of hydrogen-bond acceptors (Lipinski definition) is 9. The molecule has 0 spiro atoms. The van der Waals surface area contributed by atoms with Crippen molar-refractivity contribution in [2.24, 2.45) is 0 Å². The summed E-state index contributed by atoms with van der Waals surface area (Å²) in [5.74, 6) is -0.421. The molecule has 25 heavy (non-hydrogen) atoms. The van der Waals surface area contributed by atoms with Gasteiger partial charge >= 0.3 is 17.4 Å². The maximum Gasteiger partial charge on any atom is 0.420 e. The Labute approximate surface area is 150 Å².